The minimum absolute atomic E-state index is 0.180. The molecule has 0 aliphatic heterocycles. The van der Waals surface area contributed by atoms with Crippen LogP contribution in [0.4, 0.5) is 0 Å². The maximum Gasteiger partial charge on any atom is 0.271 e. The first-order chi connectivity index (χ1) is 8.20. The quantitative estimate of drug-likeness (QED) is 0.866. The van der Waals surface area contributed by atoms with Crippen molar-refractivity contribution in [3.63, 3.8) is 0 Å². The lowest BCUT2D eigenvalue weighted by Crippen LogP contribution is -2.26. The molecule has 0 aromatic carbocycles. The summed E-state index contributed by atoms with van der Waals surface area (Å²) < 4.78 is 5.21. The molecule has 17 heavy (non-hydrogen) atoms. The SMILES string of the molecule is C[C@H](NC(=O)c1csc(CN)n1)c1ccco1. The molecule has 0 saturated heterocycles. The van der Waals surface area contributed by atoms with E-state index >= 15 is 0 Å². The Labute approximate surface area is 103 Å². The van der Waals surface area contributed by atoms with Gasteiger partial charge in [-0.1, -0.05) is 0 Å². The Balaban J connectivity index is 2.01. The molecular formula is C11H13N3O2S. The van der Waals surface area contributed by atoms with Crippen LogP contribution in [-0.4, -0.2) is 10.9 Å². The summed E-state index contributed by atoms with van der Waals surface area (Å²) in [6.07, 6.45) is 1.58. The third-order valence-corrected chi connectivity index (χ3v) is 3.15. The molecule has 0 spiro atoms. The molecule has 0 bridgehead atoms. The van der Waals surface area contributed by atoms with Gasteiger partial charge in [-0.3, -0.25) is 4.79 Å². The van der Waals surface area contributed by atoms with Gasteiger partial charge in [-0.25, -0.2) is 4.98 Å². The highest BCUT2D eigenvalue weighted by atomic mass is 32.1. The zero-order valence-corrected chi connectivity index (χ0v) is 10.2. The van der Waals surface area contributed by atoms with Crippen LogP contribution >= 0.6 is 11.3 Å². The second-order valence-electron chi connectivity index (χ2n) is 3.54. The number of carbonyl (C=O) groups excluding carboxylic acids is 1. The molecule has 0 aliphatic rings. The van der Waals surface area contributed by atoms with Gasteiger partial charge < -0.3 is 15.5 Å². The van der Waals surface area contributed by atoms with Crippen LogP contribution in [0.3, 0.4) is 0 Å². The number of rotatable bonds is 4. The summed E-state index contributed by atoms with van der Waals surface area (Å²) in [5, 5.41) is 5.26. The van der Waals surface area contributed by atoms with Crippen LogP contribution in [0.5, 0.6) is 0 Å². The van der Waals surface area contributed by atoms with Gasteiger partial charge in [0.15, 0.2) is 0 Å². The number of nitrogens with one attached hydrogen (secondary N) is 1. The number of amides is 1. The number of thiazole rings is 1. The molecule has 2 heterocycles. The van der Waals surface area contributed by atoms with E-state index in [1.54, 1.807) is 17.7 Å². The third kappa shape index (κ3) is 2.72. The first kappa shape index (κ1) is 11.8. The molecule has 0 unspecified atom stereocenters. The van der Waals surface area contributed by atoms with Crippen LogP contribution in [0.25, 0.3) is 0 Å². The molecule has 2 rings (SSSR count). The zero-order chi connectivity index (χ0) is 12.3. The molecule has 3 N–H and O–H groups in total. The van der Waals surface area contributed by atoms with Gasteiger partial charge in [-0.05, 0) is 19.1 Å². The van der Waals surface area contributed by atoms with Crippen LogP contribution in [0.2, 0.25) is 0 Å². The highest BCUT2D eigenvalue weighted by molar-refractivity contribution is 7.09. The summed E-state index contributed by atoms with van der Waals surface area (Å²) >= 11 is 1.38. The largest absolute Gasteiger partial charge is 0.467 e. The highest BCUT2D eigenvalue weighted by Crippen LogP contribution is 2.14. The molecule has 0 fully saturated rings. The number of furan rings is 1. The Morgan fingerprint density at radius 1 is 1.71 bits per heavy atom. The lowest BCUT2D eigenvalue weighted by Gasteiger charge is -2.09. The minimum atomic E-state index is -0.218. The third-order valence-electron chi connectivity index (χ3n) is 2.28. The molecule has 1 amide bonds. The smallest absolute Gasteiger partial charge is 0.271 e. The van der Waals surface area contributed by atoms with Crippen molar-refractivity contribution in [1.82, 2.24) is 10.3 Å². The average Bonchev–Trinajstić information content (AvgIpc) is 3.00. The molecule has 0 radical (unpaired) electrons. The second kappa shape index (κ2) is 5.11. The number of aromatic nitrogens is 1. The van der Waals surface area contributed by atoms with Gasteiger partial charge in [-0.2, -0.15) is 0 Å². The molecule has 0 saturated carbocycles. The molecule has 1 atom stereocenters. The summed E-state index contributed by atoms with van der Waals surface area (Å²) in [5.41, 5.74) is 5.84. The summed E-state index contributed by atoms with van der Waals surface area (Å²) in [4.78, 5) is 15.9. The van der Waals surface area contributed by atoms with E-state index < -0.39 is 0 Å². The lowest BCUT2D eigenvalue weighted by atomic mass is 10.2. The first-order valence-corrected chi connectivity index (χ1v) is 6.07. The van der Waals surface area contributed by atoms with E-state index in [2.05, 4.69) is 10.3 Å². The topological polar surface area (TPSA) is 81.2 Å². The fourth-order valence-corrected chi connectivity index (χ4v) is 2.04. The van der Waals surface area contributed by atoms with Crippen LogP contribution in [0.15, 0.2) is 28.2 Å². The minimum Gasteiger partial charge on any atom is -0.467 e. The highest BCUT2D eigenvalue weighted by Gasteiger charge is 2.15. The van der Waals surface area contributed by atoms with Crippen LogP contribution in [0.1, 0.15) is 34.2 Å². The number of carbonyl (C=O) groups is 1. The summed E-state index contributed by atoms with van der Waals surface area (Å²) in [7, 11) is 0. The Kier molecular flexibility index (Phi) is 3.55. The van der Waals surface area contributed by atoms with Gasteiger partial charge >= 0.3 is 0 Å². The maximum atomic E-state index is 11.8. The molecule has 2 aromatic rings. The summed E-state index contributed by atoms with van der Waals surface area (Å²) in [6, 6.07) is 3.42. The fourth-order valence-electron chi connectivity index (χ4n) is 1.39. The molecule has 2 aromatic heterocycles. The van der Waals surface area contributed by atoms with Crippen LogP contribution in [-0.2, 0) is 6.54 Å². The predicted molar refractivity (Wildman–Crippen MR) is 64.6 cm³/mol. The number of hydrogen-bond donors (Lipinski definition) is 2. The normalized spacial score (nSPS) is 12.4. The van der Waals surface area contributed by atoms with E-state index in [9.17, 15) is 4.79 Å². The van der Waals surface area contributed by atoms with Crippen molar-refractivity contribution in [2.45, 2.75) is 19.5 Å². The standard InChI is InChI=1S/C11H13N3O2S/c1-7(9-3-2-4-16-9)13-11(15)8-6-17-10(5-12)14-8/h2-4,6-7H,5,12H2,1H3,(H,13,15)/t7-/m0/s1. The monoisotopic (exact) mass is 251 g/mol. The van der Waals surface area contributed by atoms with E-state index in [0.717, 1.165) is 5.01 Å². The molecule has 5 nitrogen and oxygen atoms in total. The van der Waals surface area contributed by atoms with Crippen LogP contribution < -0.4 is 11.1 Å². The second-order valence-corrected chi connectivity index (χ2v) is 4.48. The van der Waals surface area contributed by atoms with Gasteiger partial charge in [0, 0.05) is 11.9 Å². The van der Waals surface area contributed by atoms with Gasteiger partial charge in [0.25, 0.3) is 5.91 Å². The zero-order valence-electron chi connectivity index (χ0n) is 9.34. The fraction of sp³-hybridized carbons (Fsp3) is 0.273. The molecule has 90 valence electrons. The van der Waals surface area contributed by atoms with Gasteiger partial charge in [-0.15, -0.1) is 11.3 Å². The van der Waals surface area contributed by atoms with Crippen molar-refractivity contribution in [2.75, 3.05) is 0 Å². The maximum absolute atomic E-state index is 11.8. The van der Waals surface area contributed by atoms with Crippen molar-refractivity contribution in [2.24, 2.45) is 5.73 Å². The van der Waals surface area contributed by atoms with Gasteiger partial charge in [0.1, 0.15) is 16.5 Å². The first-order valence-electron chi connectivity index (χ1n) is 5.19. The Morgan fingerprint density at radius 2 is 2.53 bits per heavy atom. The van der Waals surface area contributed by atoms with Gasteiger partial charge in [0.2, 0.25) is 0 Å². The Bertz CT molecular complexity index is 493. The predicted octanol–water partition coefficient (Wildman–Crippen LogP) is 1.69. The molecule has 6 heteroatoms. The summed E-state index contributed by atoms with van der Waals surface area (Å²) in [5.74, 6) is 0.498. The van der Waals surface area contributed by atoms with Crippen LogP contribution in [0, 0.1) is 0 Å². The lowest BCUT2D eigenvalue weighted by molar-refractivity contribution is 0.0931. The van der Waals surface area contributed by atoms with E-state index in [1.807, 2.05) is 13.0 Å². The number of nitrogens with zero attached hydrogens (tertiary/aromatic N) is 1. The van der Waals surface area contributed by atoms with Crippen molar-refractivity contribution in [3.8, 4) is 0 Å². The Hall–Kier alpha value is -1.66. The summed E-state index contributed by atoms with van der Waals surface area (Å²) in [6.45, 7) is 2.21. The van der Waals surface area contributed by atoms with Crippen molar-refractivity contribution >= 4 is 17.2 Å². The molecular weight excluding hydrogens is 238 g/mol. The van der Waals surface area contributed by atoms with Gasteiger partial charge in [0.05, 0.1) is 12.3 Å². The van der Waals surface area contributed by atoms with E-state index in [0.29, 0.717) is 18.0 Å². The molecule has 0 aliphatic carbocycles. The van der Waals surface area contributed by atoms with Crippen molar-refractivity contribution < 1.29 is 9.21 Å². The average molecular weight is 251 g/mol. The van der Waals surface area contributed by atoms with E-state index in [1.165, 1.54) is 11.3 Å². The van der Waals surface area contributed by atoms with E-state index in [4.69, 9.17) is 10.2 Å². The Morgan fingerprint density at radius 3 is 3.12 bits per heavy atom. The van der Waals surface area contributed by atoms with Crippen molar-refractivity contribution in [3.05, 3.63) is 40.2 Å². The van der Waals surface area contributed by atoms with Crippen molar-refractivity contribution in [1.29, 1.82) is 0 Å². The number of nitrogens with two attached hydrogens (primary N) is 1. The number of hydrogen-bond acceptors (Lipinski definition) is 5. The van der Waals surface area contributed by atoms with E-state index in [-0.39, 0.29) is 11.9 Å².